The van der Waals surface area contributed by atoms with Gasteiger partial charge in [0.05, 0.1) is 17.8 Å². The minimum Gasteiger partial charge on any atom is -0.468 e. The molecule has 21 heavy (non-hydrogen) atoms. The third kappa shape index (κ3) is 1.90. The molecule has 4 heteroatoms. The van der Waals surface area contributed by atoms with Crippen LogP contribution in [0, 0.1) is 0 Å². The minimum absolute atomic E-state index is 0.00385. The zero-order valence-electron chi connectivity index (χ0n) is 12.2. The van der Waals surface area contributed by atoms with Gasteiger partial charge in [-0.3, -0.25) is 0 Å². The third-order valence-electron chi connectivity index (χ3n) is 4.28. The van der Waals surface area contributed by atoms with Crippen molar-refractivity contribution >= 4 is 11.4 Å². The molecule has 0 N–H and O–H groups in total. The highest BCUT2D eigenvalue weighted by Gasteiger charge is 2.35. The topological polar surface area (TPSA) is 24.9 Å². The van der Waals surface area contributed by atoms with Gasteiger partial charge in [-0.05, 0) is 24.3 Å². The Hall–Kier alpha value is -2.36. The van der Waals surface area contributed by atoms with Gasteiger partial charge < -0.3 is 19.3 Å². The van der Waals surface area contributed by atoms with E-state index in [4.69, 9.17) is 9.47 Å². The summed E-state index contributed by atoms with van der Waals surface area (Å²) in [6.07, 6.45) is 0.796. The molecule has 0 saturated carbocycles. The Morgan fingerprint density at radius 3 is 1.62 bits per heavy atom. The Bertz CT molecular complexity index is 616. The summed E-state index contributed by atoms with van der Waals surface area (Å²) in [6.45, 7) is 0. The highest BCUT2D eigenvalue weighted by molar-refractivity contribution is 5.63. The molecule has 0 bridgehead atoms. The third-order valence-corrected chi connectivity index (χ3v) is 4.28. The number of hydrogen-bond donors (Lipinski definition) is 0. The average molecular weight is 282 g/mol. The van der Waals surface area contributed by atoms with Gasteiger partial charge >= 0.3 is 0 Å². The van der Waals surface area contributed by atoms with Crippen molar-refractivity contribution < 1.29 is 9.47 Å². The Morgan fingerprint density at radius 1 is 0.762 bits per heavy atom. The van der Waals surface area contributed by atoms with E-state index in [9.17, 15) is 0 Å². The maximum absolute atomic E-state index is 6.05. The molecule has 2 aliphatic heterocycles. The highest BCUT2D eigenvalue weighted by Crippen LogP contribution is 2.40. The summed E-state index contributed by atoms with van der Waals surface area (Å²) in [5.41, 5.74) is 2.28. The quantitative estimate of drug-likeness (QED) is 0.845. The van der Waals surface area contributed by atoms with E-state index in [1.807, 2.05) is 36.4 Å². The smallest absolute Gasteiger partial charge is 0.177 e. The molecule has 2 unspecified atom stereocenters. The lowest BCUT2D eigenvalue weighted by Crippen LogP contribution is -2.41. The van der Waals surface area contributed by atoms with Crippen molar-refractivity contribution in [2.24, 2.45) is 0 Å². The molecule has 2 aliphatic rings. The van der Waals surface area contributed by atoms with Gasteiger partial charge in [0.25, 0.3) is 0 Å². The van der Waals surface area contributed by atoms with Gasteiger partial charge in [0, 0.05) is 14.1 Å². The summed E-state index contributed by atoms with van der Waals surface area (Å²) < 4.78 is 12.1. The van der Waals surface area contributed by atoms with Crippen molar-refractivity contribution in [2.75, 3.05) is 23.9 Å². The molecule has 4 nitrogen and oxygen atoms in total. The maximum atomic E-state index is 6.05. The fourth-order valence-electron chi connectivity index (χ4n) is 3.04. The van der Waals surface area contributed by atoms with Gasteiger partial charge in [-0.15, -0.1) is 0 Å². The minimum atomic E-state index is 0.00385. The van der Waals surface area contributed by atoms with Crippen LogP contribution in [-0.2, 0) is 0 Å². The molecular weight excluding hydrogens is 264 g/mol. The van der Waals surface area contributed by atoms with E-state index < -0.39 is 0 Å². The van der Waals surface area contributed by atoms with E-state index >= 15 is 0 Å². The first-order valence-electron chi connectivity index (χ1n) is 7.21. The maximum Gasteiger partial charge on any atom is 0.177 e. The molecule has 2 heterocycles. The molecule has 0 amide bonds. The molecule has 108 valence electrons. The Labute approximate surface area is 124 Å². The number of rotatable bonds is 2. The summed E-state index contributed by atoms with van der Waals surface area (Å²) in [5, 5.41) is 0. The van der Waals surface area contributed by atoms with Gasteiger partial charge in [0.2, 0.25) is 0 Å². The molecule has 0 spiro atoms. The van der Waals surface area contributed by atoms with E-state index in [-0.39, 0.29) is 12.5 Å². The van der Waals surface area contributed by atoms with Crippen LogP contribution in [0.5, 0.6) is 11.5 Å². The van der Waals surface area contributed by atoms with Crippen LogP contribution in [0.2, 0.25) is 0 Å². The number of ether oxygens (including phenoxy) is 2. The predicted octanol–water partition coefficient (Wildman–Crippen LogP) is 3.09. The van der Waals surface area contributed by atoms with E-state index in [2.05, 4.69) is 36.0 Å². The fraction of sp³-hybridized carbons (Fsp3) is 0.294. The van der Waals surface area contributed by atoms with Gasteiger partial charge in [-0.1, -0.05) is 24.3 Å². The van der Waals surface area contributed by atoms with Crippen LogP contribution in [0.4, 0.5) is 11.4 Å². The first kappa shape index (κ1) is 12.4. The Balaban J connectivity index is 1.52. The lowest BCUT2D eigenvalue weighted by Gasteiger charge is -2.27. The lowest BCUT2D eigenvalue weighted by molar-refractivity contribution is 0.135. The summed E-state index contributed by atoms with van der Waals surface area (Å²) >= 11 is 0. The first-order chi connectivity index (χ1) is 10.2. The summed E-state index contributed by atoms with van der Waals surface area (Å²) in [5.74, 6) is 1.89. The van der Waals surface area contributed by atoms with E-state index in [0.29, 0.717) is 0 Å². The highest BCUT2D eigenvalue weighted by atomic mass is 16.5. The van der Waals surface area contributed by atoms with E-state index in [1.54, 1.807) is 0 Å². The number of anilines is 2. The number of fused-ring (bicyclic) bond motifs is 2. The lowest BCUT2D eigenvalue weighted by atomic mass is 10.2. The summed E-state index contributed by atoms with van der Waals surface area (Å²) in [4.78, 5) is 4.35. The number of nitrogens with zero attached hydrogens (tertiary/aromatic N) is 2. The molecule has 0 radical (unpaired) electrons. The predicted molar refractivity (Wildman–Crippen MR) is 83.1 cm³/mol. The number of hydrogen-bond acceptors (Lipinski definition) is 4. The molecule has 2 aromatic carbocycles. The molecule has 0 aromatic heterocycles. The van der Waals surface area contributed by atoms with Gasteiger partial charge in [0.15, 0.2) is 12.5 Å². The normalized spacial score (nSPS) is 22.6. The summed E-state index contributed by atoms with van der Waals surface area (Å²) in [7, 11) is 4.14. The number of benzene rings is 2. The number of para-hydroxylation sites is 4. The van der Waals surface area contributed by atoms with Crippen molar-refractivity contribution in [3.05, 3.63) is 48.5 Å². The largest absolute Gasteiger partial charge is 0.468 e. The first-order valence-corrected chi connectivity index (χ1v) is 7.21. The second kappa shape index (κ2) is 4.58. The molecule has 2 aromatic rings. The standard InChI is InChI=1S/C17H18N2O2/c1-18-12-7-3-5-9-14(12)20-16(18)11-17-19(2)13-8-4-6-10-15(13)21-17/h3-10,16-17H,11H2,1-2H3. The second-order valence-electron chi connectivity index (χ2n) is 5.54. The van der Waals surface area contributed by atoms with Crippen molar-refractivity contribution in [1.29, 1.82) is 0 Å². The van der Waals surface area contributed by atoms with Crippen molar-refractivity contribution in [2.45, 2.75) is 18.9 Å². The fourth-order valence-corrected chi connectivity index (χ4v) is 3.04. The molecule has 4 rings (SSSR count). The van der Waals surface area contributed by atoms with Crippen LogP contribution in [0.25, 0.3) is 0 Å². The van der Waals surface area contributed by atoms with Crippen LogP contribution in [0.3, 0.4) is 0 Å². The van der Waals surface area contributed by atoms with E-state index in [1.165, 1.54) is 0 Å². The van der Waals surface area contributed by atoms with Gasteiger partial charge in [0.1, 0.15) is 11.5 Å². The molecule has 0 fully saturated rings. The Kier molecular flexibility index (Phi) is 2.70. The SMILES string of the molecule is CN1c2ccccc2OC1CC1Oc2ccccc2N1C. The molecule has 0 saturated heterocycles. The van der Waals surface area contributed by atoms with Gasteiger partial charge in [-0.2, -0.15) is 0 Å². The van der Waals surface area contributed by atoms with Crippen LogP contribution in [-0.4, -0.2) is 26.6 Å². The van der Waals surface area contributed by atoms with Crippen LogP contribution < -0.4 is 19.3 Å². The molecule has 2 atom stereocenters. The van der Waals surface area contributed by atoms with Gasteiger partial charge in [-0.25, -0.2) is 0 Å². The zero-order valence-corrected chi connectivity index (χ0v) is 12.2. The average Bonchev–Trinajstić information content (AvgIpc) is 2.99. The molecular formula is C17H18N2O2. The van der Waals surface area contributed by atoms with Crippen molar-refractivity contribution in [3.63, 3.8) is 0 Å². The van der Waals surface area contributed by atoms with Crippen molar-refractivity contribution in [1.82, 2.24) is 0 Å². The van der Waals surface area contributed by atoms with Crippen molar-refractivity contribution in [3.8, 4) is 11.5 Å². The monoisotopic (exact) mass is 282 g/mol. The second-order valence-corrected chi connectivity index (χ2v) is 5.54. The van der Waals surface area contributed by atoms with E-state index in [0.717, 1.165) is 29.3 Å². The van der Waals surface area contributed by atoms with Crippen LogP contribution >= 0.6 is 0 Å². The van der Waals surface area contributed by atoms with Crippen LogP contribution in [0.15, 0.2) is 48.5 Å². The van der Waals surface area contributed by atoms with Crippen LogP contribution in [0.1, 0.15) is 6.42 Å². The molecule has 0 aliphatic carbocycles. The Morgan fingerprint density at radius 2 is 1.19 bits per heavy atom. The zero-order chi connectivity index (χ0) is 14.4. The summed E-state index contributed by atoms with van der Waals surface area (Å²) in [6, 6.07) is 16.3.